The molecule has 2 N–H and O–H groups in total. The van der Waals surface area contributed by atoms with Crippen LogP contribution in [0.15, 0.2) is 18.2 Å². The summed E-state index contributed by atoms with van der Waals surface area (Å²) < 4.78 is 13.7. The van der Waals surface area contributed by atoms with Crippen LogP contribution in [0.1, 0.15) is 37.8 Å². The Bertz CT molecular complexity index is 515. The molecular weight excluding hydrogens is 251 g/mol. The minimum absolute atomic E-state index is 0.221. The second kappa shape index (κ2) is 6.88. The van der Waals surface area contributed by atoms with Gasteiger partial charge in [-0.25, -0.2) is 4.39 Å². The van der Waals surface area contributed by atoms with Crippen LogP contribution in [0.3, 0.4) is 0 Å². The summed E-state index contributed by atoms with van der Waals surface area (Å²) in [4.78, 5) is 2.43. The Labute approximate surface area is 121 Å². The molecule has 1 aliphatic heterocycles. The molecule has 0 saturated carbocycles. The summed E-state index contributed by atoms with van der Waals surface area (Å²) in [6.45, 7) is 6.73. The molecule has 1 fully saturated rings. The number of rotatable bonds is 2. The van der Waals surface area contributed by atoms with Crippen LogP contribution in [0, 0.1) is 23.6 Å². The first kappa shape index (κ1) is 15.0. The fraction of sp³-hybridized carbons (Fsp3) is 0.529. The molecule has 0 aliphatic carbocycles. The average molecular weight is 274 g/mol. The molecule has 2 atom stereocenters. The zero-order chi connectivity index (χ0) is 14.5. The Morgan fingerprint density at radius 2 is 2.15 bits per heavy atom. The van der Waals surface area contributed by atoms with Crippen LogP contribution in [-0.2, 0) is 6.54 Å². The van der Waals surface area contributed by atoms with Crippen LogP contribution in [0.4, 0.5) is 4.39 Å². The van der Waals surface area contributed by atoms with Crippen LogP contribution in [0.25, 0.3) is 0 Å². The molecule has 108 valence electrons. The van der Waals surface area contributed by atoms with Gasteiger partial charge in [0.15, 0.2) is 0 Å². The van der Waals surface area contributed by atoms with Crippen LogP contribution in [-0.4, -0.2) is 24.0 Å². The molecule has 20 heavy (non-hydrogen) atoms. The molecule has 1 saturated heterocycles. The molecule has 3 heteroatoms. The number of nitrogens with zero attached hydrogens (tertiary/aromatic N) is 1. The summed E-state index contributed by atoms with van der Waals surface area (Å²) in [5, 5.41) is 0. The maximum atomic E-state index is 13.7. The van der Waals surface area contributed by atoms with Gasteiger partial charge in [0, 0.05) is 18.2 Å². The van der Waals surface area contributed by atoms with Gasteiger partial charge in [-0.15, -0.1) is 0 Å². The number of piperidine rings is 1. The maximum Gasteiger partial charge on any atom is 0.124 e. The Hall–Kier alpha value is -1.37. The van der Waals surface area contributed by atoms with E-state index in [1.807, 2.05) is 6.07 Å². The van der Waals surface area contributed by atoms with E-state index in [-0.39, 0.29) is 5.82 Å². The zero-order valence-corrected chi connectivity index (χ0v) is 12.3. The highest BCUT2D eigenvalue weighted by Gasteiger charge is 2.24. The summed E-state index contributed by atoms with van der Waals surface area (Å²) in [6.07, 6.45) is 2.51. The molecule has 0 aromatic heterocycles. The lowest BCUT2D eigenvalue weighted by Crippen LogP contribution is -2.41. The van der Waals surface area contributed by atoms with Gasteiger partial charge in [0.05, 0.1) is 6.54 Å². The fourth-order valence-electron chi connectivity index (χ4n) is 2.85. The van der Waals surface area contributed by atoms with Crippen molar-refractivity contribution in [2.45, 2.75) is 39.3 Å². The summed E-state index contributed by atoms with van der Waals surface area (Å²) in [6, 6.07) is 5.59. The minimum atomic E-state index is -0.221. The van der Waals surface area contributed by atoms with Crippen molar-refractivity contribution in [2.75, 3.05) is 13.1 Å². The molecule has 1 aliphatic rings. The minimum Gasteiger partial charge on any atom is -0.320 e. The van der Waals surface area contributed by atoms with Crippen molar-refractivity contribution < 1.29 is 4.39 Å². The van der Waals surface area contributed by atoms with E-state index in [0.717, 1.165) is 18.7 Å². The number of halogens is 1. The first-order valence-corrected chi connectivity index (χ1v) is 7.32. The van der Waals surface area contributed by atoms with Gasteiger partial charge in [-0.05, 0) is 56.0 Å². The summed E-state index contributed by atoms with van der Waals surface area (Å²) in [5.74, 6) is 6.17. The molecule has 1 heterocycles. The predicted molar refractivity (Wildman–Crippen MR) is 80.6 cm³/mol. The Morgan fingerprint density at radius 3 is 2.90 bits per heavy atom. The van der Waals surface area contributed by atoms with Crippen LogP contribution in [0.5, 0.6) is 0 Å². The van der Waals surface area contributed by atoms with Crippen molar-refractivity contribution >= 4 is 0 Å². The molecule has 2 rings (SSSR count). The zero-order valence-electron chi connectivity index (χ0n) is 12.3. The lowest BCUT2D eigenvalue weighted by Gasteiger charge is -2.38. The van der Waals surface area contributed by atoms with E-state index >= 15 is 0 Å². The van der Waals surface area contributed by atoms with Crippen LogP contribution < -0.4 is 5.73 Å². The van der Waals surface area contributed by atoms with E-state index in [1.165, 1.54) is 18.9 Å². The lowest BCUT2D eigenvalue weighted by atomic mass is 9.91. The quantitative estimate of drug-likeness (QED) is 0.840. The van der Waals surface area contributed by atoms with Gasteiger partial charge >= 0.3 is 0 Å². The van der Waals surface area contributed by atoms with Crippen molar-refractivity contribution in [2.24, 2.45) is 11.7 Å². The van der Waals surface area contributed by atoms with Crippen LogP contribution in [0.2, 0.25) is 0 Å². The summed E-state index contributed by atoms with van der Waals surface area (Å²) in [7, 11) is 0. The van der Waals surface area contributed by atoms with Crippen LogP contribution >= 0.6 is 0 Å². The van der Waals surface area contributed by atoms with E-state index < -0.39 is 0 Å². The SMILES string of the molecule is CC1CCCN(Cc2cc(F)cc(C#CCN)c2)C1C. The molecule has 0 spiro atoms. The smallest absolute Gasteiger partial charge is 0.124 e. The highest BCUT2D eigenvalue weighted by atomic mass is 19.1. The third-order valence-electron chi connectivity index (χ3n) is 4.18. The van der Waals surface area contributed by atoms with Crippen molar-refractivity contribution in [1.29, 1.82) is 0 Å². The van der Waals surface area contributed by atoms with Crippen molar-refractivity contribution in [1.82, 2.24) is 4.90 Å². The molecule has 1 aromatic rings. The molecule has 2 nitrogen and oxygen atoms in total. The first-order valence-electron chi connectivity index (χ1n) is 7.32. The molecule has 1 aromatic carbocycles. The van der Waals surface area contributed by atoms with E-state index in [0.29, 0.717) is 24.1 Å². The first-order chi connectivity index (χ1) is 9.60. The van der Waals surface area contributed by atoms with Gasteiger partial charge in [-0.2, -0.15) is 0 Å². The topological polar surface area (TPSA) is 29.3 Å². The lowest BCUT2D eigenvalue weighted by molar-refractivity contribution is 0.106. The van der Waals surface area contributed by atoms with Crippen molar-refractivity contribution in [3.63, 3.8) is 0 Å². The fourth-order valence-corrected chi connectivity index (χ4v) is 2.85. The highest BCUT2D eigenvalue weighted by molar-refractivity contribution is 5.38. The van der Waals surface area contributed by atoms with E-state index in [9.17, 15) is 4.39 Å². The summed E-state index contributed by atoms with van der Waals surface area (Å²) >= 11 is 0. The third-order valence-corrected chi connectivity index (χ3v) is 4.18. The van der Waals surface area contributed by atoms with Gasteiger partial charge in [0.1, 0.15) is 5.82 Å². The van der Waals surface area contributed by atoms with E-state index in [1.54, 1.807) is 6.07 Å². The molecule has 0 amide bonds. The van der Waals surface area contributed by atoms with Gasteiger partial charge in [0.25, 0.3) is 0 Å². The Balaban J connectivity index is 2.14. The number of nitrogens with two attached hydrogens (primary N) is 1. The molecular formula is C17H23FN2. The van der Waals surface area contributed by atoms with Crippen molar-refractivity contribution in [3.05, 3.63) is 35.1 Å². The standard InChI is InChI=1S/C17H23FN2/c1-13-5-4-8-20(14(13)2)12-16-9-15(6-3-7-19)10-17(18)11-16/h9-11,13-14H,4-5,7-8,12,19H2,1-2H3. The van der Waals surface area contributed by atoms with Gasteiger partial charge < -0.3 is 5.73 Å². The van der Waals surface area contributed by atoms with Gasteiger partial charge in [0.2, 0.25) is 0 Å². The largest absolute Gasteiger partial charge is 0.320 e. The van der Waals surface area contributed by atoms with E-state index in [4.69, 9.17) is 5.73 Å². The Morgan fingerprint density at radius 1 is 1.35 bits per heavy atom. The predicted octanol–water partition coefficient (Wildman–Crippen LogP) is 2.76. The second-order valence-electron chi connectivity index (χ2n) is 5.68. The normalized spacial score (nSPS) is 23.2. The highest BCUT2D eigenvalue weighted by Crippen LogP contribution is 2.24. The third kappa shape index (κ3) is 3.82. The number of hydrogen-bond donors (Lipinski definition) is 1. The molecule has 2 unspecified atom stereocenters. The number of hydrogen-bond acceptors (Lipinski definition) is 2. The van der Waals surface area contributed by atoms with Gasteiger partial charge in [-0.1, -0.05) is 18.8 Å². The van der Waals surface area contributed by atoms with E-state index in [2.05, 4.69) is 30.6 Å². The van der Waals surface area contributed by atoms with Crippen molar-refractivity contribution in [3.8, 4) is 11.8 Å². The second-order valence-corrected chi connectivity index (χ2v) is 5.68. The van der Waals surface area contributed by atoms with Gasteiger partial charge in [-0.3, -0.25) is 4.90 Å². The monoisotopic (exact) mass is 274 g/mol. The molecule has 0 bridgehead atoms. The average Bonchev–Trinajstić information content (AvgIpc) is 2.41. The molecule has 0 radical (unpaired) electrons. The summed E-state index contributed by atoms with van der Waals surface area (Å²) in [5.41, 5.74) is 7.06. The Kier molecular flexibility index (Phi) is 5.17. The number of benzene rings is 1. The maximum absolute atomic E-state index is 13.7. The number of likely N-dealkylation sites (tertiary alicyclic amines) is 1.